The summed E-state index contributed by atoms with van der Waals surface area (Å²) in [5.41, 5.74) is 0.735. The van der Waals surface area contributed by atoms with Crippen molar-refractivity contribution in [3.8, 4) is 0 Å². The molecule has 13 heavy (non-hydrogen) atoms. The molecule has 1 aromatic heterocycles. The second-order valence-corrected chi connectivity index (χ2v) is 3.00. The Morgan fingerprint density at radius 2 is 2.38 bits per heavy atom. The van der Waals surface area contributed by atoms with Gasteiger partial charge in [-0.05, 0) is 0 Å². The fourth-order valence-electron chi connectivity index (χ4n) is 1.35. The monoisotopic (exact) mass is 180 g/mol. The fourth-order valence-corrected chi connectivity index (χ4v) is 1.35. The maximum absolute atomic E-state index is 11.1. The van der Waals surface area contributed by atoms with E-state index in [9.17, 15) is 9.59 Å². The molecule has 2 rings (SSSR count). The number of esters is 2. The lowest BCUT2D eigenvalue weighted by molar-refractivity contribution is -0.152. The Bertz CT molecular complexity index is 369. The molecule has 0 amide bonds. The summed E-state index contributed by atoms with van der Waals surface area (Å²) in [5.74, 6) is -1.39. The highest BCUT2D eigenvalue weighted by molar-refractivity contribution is 5.97. The summed E-state index contributed by atoms with van der Waals surface area (Å²) in [7, 11) is 1.76. The number of ether oxygens (including phenoxy) is 1. The lowest BCUT2D eigenvalue weighted by Crippen LogP contribution is -2.04. The predicted molar refractivity (Wildman–Crippen MR) is 41.7 cm³/mol. The van der Waals surface area contributed by atoms with E-state index in [1.165, 1.54) is 0 Å². The van der Waals surface area contributed by atoms with Crippen LogP contribution in [0.2, 0.25) is 0 Å². The van der Waals surface area contributed by atoms with E-state index in [1.54, 1.807) is 24.1 Å². The van der Waals surface area contributed by atoms with E-state index in [0.29, 0.717) is 0 Å². The van der Waals surface area contributed by atoms with Crippen molar-refractivity contribution in [1.82, 2.24) is 9.78 Å². The van der Waals surface area contributed by atoms with Crippen LogP contribution in [0.25, 0.3) is 0 Å². The van der Waals surface area contributed by atoms with Crippen LogP contribution < -0.4 is 0 Å². The standard InChI is InChI=1S/C8H8N2O3/c1-10-4-5(3-9-10)6-2-7(11)13-8(6)12/h3-4,6H,2H2,1H3. The van der Waals surface area contributed by atoms with Gasteiger partial charge in [0.05, 0.1) is 18.5 Å². The highest BCUT2D eigenvalue weighted by atomic mass is 16.6. The first-order valence-electron chi connectivity index (χ1n) is 3.90. The minimum atomic E-state index is -0.474. The molecule has 1 aliphatic rings. The molecule has 0 aromatic carbocycles. The molecular weight excluding hydrogens is 172 g/mol. The molecule has 0 N–H and O–H groups in total. The second-order valence-electron chi connectivity index (χ2n) is 3.00. The van der Waals surface area contributed by atoms with E-state index in [4.69, 9.17) is 0 Å². The Kier molecular flexibility index (Phi) is 1.65. The van der Waals surface area contributed by atoms with Gasteiger partial charge in [0, 0.05) is 18.8 Å². The smallest absolute Gasteiger partial charge is 0.321 e. The van der Waals surface area contributed by atoms with Crippen LogP contribution >= 0.6 is 0 Å². The summed E-state index contributed by atoms with van der Waals surface area (Å²) >= 11 is 0. The normalized spacial score (nSPS) is 22.1. The molecule has 0 aliphatic carbocycles. The van der Waals surface area contributed by atoms with Gasteiger partial charge in [-0.3, -0.25) is 14.3 Å². The van der Waals surface area contributed by atoms with Gasteiger partial charge in [-0.1, -0.05) is 0 Å². The Balaban J connectivity index is 2.27. The lowest BCUT2D eigenvalue weighted by atomic mass is 10.0. The van der Waals surface area contributed by atoms with Gasteiger partial charge in [-0.15, -0.1) is 0 Å². The molecular formula is C8H8N2O3. The number of nitrogens with zero attached hydrogens (tertiary/aromatic N) is 2. The molecule has 5 nitrogen and oxygen atoms in total. The molecule has 0 saturated carbocycles. The summed E-state index contributed by atoms with van der Waals surface area (Å²) in [6, 6.07) is 0. The van der Waals surface area contributed by atoms with E-state index < -0.39 is 17.9 Å². The number of aryl methyl sites for hydroxylation is 1. The van der Waals surface area contributed by atoms with E-state index >= 15 is 0 Å². The van der Waals surface area contributed by atoms with Crippen LogP contribution in [0.4, 0.5) is 0 Å². The average Bonchev–Trinajstić information content (AvgIpc) is 2.58. The molecule has 1 atom stereocenters. The highest BCUT2D eigenvalue weighted by Gasteiger charge is 2.35. The molecule has 1 saturated heterocycles. The van der Waals surface area contributed by atoms with Gasteiger partial charge in [0.1, 0.15) is 0 Å². The Morgan fingerprint density at radius 1 is 1.62 bits per heavy atom. The van der Waals surface area contributed by atoms with Gasteiger partial charge in [-0.2, -0.15) is 5.10 Å². The van der Waals surface area contributed by atoms with Crippen molar-refractivity contribution >= 4 is 11.9 Å². The van der Waals surface area contributed by atoms with Crippen molar-refractivity contribution in [3.63, 3.8) is 0 Å². The van der Waals surface area contributed by atoms with E-state index in [-0.39, 0.29) is 6.42 Å². The average molecular weight is 180 g/mol. The van der Waals surface area contributed by atoms with Gasteiger partial charge < -0.3 is 4.74 Å². The Labute approximate surface area is 74.3 Å². The van der Waals surface area contributed by atoms with E-state index in [2.05, 4.69) is 9.84 Å². The predicted octanol–water partition coefficient (Wildman–Crippen LogP) is -0.0228. The first-order valence-corrected chi connectivity index (χ1v) is 3.90. The summed E-state index contributed by atoms with van der Waals surface area (Å²) in [6.07, 6.45) is 3.42. The minimum Gasteiger partial charge on any atom is -0.393 e. The molecule has 0 radical (unpaired) electrons. The summed E-state index contributed by atoms with van der Waals surface area (Å²) < 4.78 is 6.01. The van der Waals surface area contributed by atoms with Crippen molar-refractivity contribution in [3.05, 3.63) is 18.0 Å². The zero-order valence-electron chi connectivity index (χ0n) is 7.06. The number of carbonyl (C=O) groups is 2. The van der Waals surface area contributed by atoms with Gasteiger partial charge in [0.2, 0.25) is 0 Å². The first kappa shape index (κ1) is 7.97. The minimum absolute atomic E-state index is 0.129. The number of hydrogen-bond acceptors (Lipinski definition) is 4. The summed E-state index contributed by atoms with van der Waals surface area (Å²) in [6.45, 7) is 0. The third-order valence-electron chi connectivity index (χ3n) is 2.00. The van der Waals surface area contributed by atoms with Gasteiger partial charge in [-0.25, -0.2) is 0 Å². The third kappa shape index (κ3) is 1.32. The molecule has 68 valence electrons. The Morgan fingerprint density at radius 3 is 2.85 bits per heavy atom. The van der Waals surface area contributed by atoms with Crippen LogP contribution in [0.15, 0.2) is 12.4 Å². The van der Waals surface area contributed by atoms with Crippen LogP contribution in [-0.4, -0.2) is 21.7 Å². The SMILES string of the molecule is Cn1cc(C2CC(=O)OC2=O)cn1. The number of hydrogen-bond donors (Lipinski definition) is 0. The third-order valence-corrected chi connectivity index (χ3v) is 2.00. The maximum Gasteiger partial charge on any atom is 0.321 e. The van der Waals surface area contributed by atoms with Crippen molar-refractivity contribution in [2.45, 2.75) is 12.3 Å². The van der Waals surface area contributed by atoms with Crippen LogP contribution in [0.5, 0.6) is 0 Å². The molecule has 1 fully saturated rings. The molecule has 1 aromatic rings. The number of carbonyl (C=O) groups excluding carboxylic acids is 2. The van der Waals surface area contributed by atoms with Crippen LogP contribution in [0.1, 0.15) is 17.9 Å². The molecule has 0 spiro atoms. The van der Waals surface area contributed by atoms with Crippen LogP contribution in [-0.2, 0) is 21.4 Å². The van der Waals surface area contributed by atoms with Gasteiger partial charge >= 0.3 is 11.9 Å². The second kappa shape index (κ2) is 2.69. The number of aromatic nitrogens is 2. The van der Waals surface area contributed by atoms with Crippen molar-refractivity contribution < 1.29 is 14.3 Å². The number of cyclic esters (lactones) is 2. The molecule has 1 aliphatic heterocycles. The fraction of sp³-hybridized carbons (Fsp3) is 0.375. The quantitative estimate of drug-likeness (QED) is 0.450. The van der Waals surface area contributed by atoms with Gasteiger partial charge in [0.25, 0.3) is 0 Å². The topological polar surface area (TPSA) is 61.2 Å². The molecule has 1 unspecified atom stereocenters. The van der Waals surface area contributed by atoms with E-state index in [0.717, 1.165) is 5.56 Å². The summed E-state index contributed by atoms with van der Waals surface area (Å²) in [4.78, 5) is 21.9. The lowest BCUT2D eigenvalue weighted by Gasteiger charge is -1.97. The zero-order valence-corrected chi connectivity index (χ0v) is 7.06. The van der Waals surface area contributed by atoms with Crippen LogP contribution in [0, 0.1) is 0 Å². The molecule has 2 heterocycles. The van der Waals surface area contributed by atoms with Crippen molar-refractivity contribution in [2.24, 2.45) is 7.05 Å². The Hall–Kier alpha value is -1.65. The van der Waals surface area contributed by atoms with Crippen LogP contribution in [0.3, 0.4) is 0 Å². The molecule has 5 heteroatoms. The summed E-state index contributed by atoms with van der Waals surface area (Å²) in [5, 5.41) is 3.92. The maximum atomic E-state index is 11.1. The molecule has 0 bridgehead atoms. The van der Waals surface area contributed by atoms with Crippen molar-refractivity contribution in [2.75, 3.05) is 0 Å². The van der Waals surface area contributed by atoms with Gasteiger partial charge in [0.15, 0.2) is 0 Å². The number of rotatable bonds is 1. The first-order chi connectivity index (χ1) is 6.16. The zero-order chi connectivity index (χ0) is 9.42. The highest BCUT2D eigenvalue weighted by Crippen LogP contribution is 2.26. The largest absolute Gasteiger partial charge is 0.393 e. The van der Waals surface area contributed by atoms with E-state index in [1.807, 2.05) is 0 Å². The van der Waals surface area contributed by atoms with Crippen molar-refractivity contribution in [1.29, 1.82) is 0 Å².